The van der Waals surface area contributed by atoms with E-state index in [9.17, 15) is 22.8 Å². The van der Waals surface area contributed by atoms with E-state index in [-0.39, 0.29) is 34.7 Å². The summed E-state index contributed by atoms with van der Waals surface area (Å²) in [4.78, 5) is 30.6. The minimum atomic E-state index is -4.47. The summed E-state index contributed by atoms with van der Waals surface area (Å²) >= 11 is 0. The molecule has 2 aromatic carbocycles. The number of nitrogens with zero attached hydrogens (tertiary/aromatic N) is 5. The molecule has 0 aliphatic carbocycles. The second kappa shape index (κ2) is 8.24. The van der Waals surface area contributed by atoms with Gasteiger partial charge in [-0.1, -0.05) is 42.5 Å². The average Bonchev–Trinajstić information content (AvgIpc) is 3.47. The molecule has 9 nitrogen and oxygen atoms in total. The highest BCUT2D eigenvalue weighted by Crippen LogP contribution is 2.36. The van der Waals surface area contributed by atoms with Crippen molar-refractivity contribution in [2.75, 3.05) is 0 Å². The summed E-state index contributed by atoms with van der Waals surface area (Å²) in [6, 6.07) is 11.9. The Labute approximate surface area is 194 Å². The van der Waals surface area contributed by atoms with E-state index in [1.54, 1.807) is 30.3 Å². The van der Waals surface area contributed by atoms with E-state index in [4.69, 9.17) is 5.11 Å². The first kappa shape index (κ1) is 22.1. The van der Waals surface area contributed by atoms with Crippen LogP contribution in [0.1, 0.15) is 21.5 Å². The Bertz CT molecular complexity index is 1620. The molecule has 0 unspecified atom stereocenters. The quantitative estimate of drug-likeness (QED) is 0.396. The molecule has 3 aromatic heterocycles. The smallest absolute Gasteiger partial charge is 0.417 e. The van der Waals surface area contributed by atoms with E-state index in [1.165, 1.54) is 29.2 Å². The van der Waals surface area contributed by atoms with Gasteiger partial charge in [0.1, 0.15) is 5.52 Å². The Kier molecular flexibility index (Phi) is 5.20. The van der Waals surface area contributed by atoms with Crippen molar-refractivity contribution < 1.29 is 23.1 Å². The molecule has 0 radical (unpaired) electrons. The van der Waals surface area contributed by atoms with Gasteiger partial charge in [-0.3, -0.25) is 14.5 Å². The molecule has 5 aromatic rings. The molecule has 0 spiro atoms. The van der Waals surface area contributed by atoms with Gasteiger partial charge in [-0.15, -0.1) is 0 Å². The van der Waals surface area contributed by atoms with Crippen molar-refractivity contribution in [3.63, 3.8) is 0 Å². The van der Waals surface area contributed by atoms with E-state index in [1.807, 2.05) is 0 Å². The highest BCUT2D eigenvalue weighted by atomic mass is 19.4. The van der Waals surface area contributed by atoms with E-state index in [2.05, 4.69) is 20.2 Å². The zero-order valence-electron chi connectivity index (χ0n) is 17.7. The number of aromatic nitrogens is 6. The topological polar surface area (TPSA) is 119 Å². The summed E-state index contributed by atoms with van der Waals surface area (Å²) in [7, 11) is 0. The van der Waals surface area contributed by atoms with Crippen LogP contribution in [0, 0.1) is 0 Å². The average molecular weight is 480 g/mol. The Morgan fingerprint density at radius 1 is 1.03 bits per heavy atom. The molecule has 12 heteroatoms. The first-order valence-corrected chi connectivity index (χ1v) is 10.2. The lowest BCUT2D eigenvalue weighted by Crippen LogP contribution is -2.17. The highest BCUT2D eigenvalue weighted by Gasteiger charge is 2.33. The fourth-order valence-corrected chi connectivity index (χ4v) is 3.72. The Morgan fingerprint density at radius 3 is 2.46 bits per heavy atom. The Morgan fingerprint density at radius 2 is 1.77 bits per heavy atom. The van der Waals surface area contributed by atoms with Crippen LogP contribution in [0.3, 0.4) is 0 Å². The number of alkyl halides is 3. The molecule has 0 aliphatic heterocycles. The van der Waals surface area contributed by atoms with Crippen molar-refractivity contribution >= 4 is 17.0 Å². The monoisotopic (exact) mass is 480 g/mol. The van der Waals surface area contributed by atoms with Crippen LogP contribution in [0.4, 0.5) is 13.2 Å². The number of benzene rings is 2. The normalized spacial score (nSPS) is 11.7. The summed E-state index contributed by atoms with van der Waals surface area (Å²) in [5.74, 6) is -1.14. The Balaban J connectivity index is 1.44. The van der Waals surface area contributed by atoms with E-state index in [0.717, 1.165) is 16.9 Å². The van der Waals surface area contributed by atoms with Gasteiger partial charge in [0.05, 0.1) is 30.1 Å². The molecule has 0 fully saturated rings. The van der Waals surface area contributed by atoms with E-state index < -0.39 is 23.3 Å². The maximum atomic E-state index is 13.3. The minimum absolute atomic E-state index is 0.0298. The van der Waals surface area contributed by atoms with Gasteiger partial charge in [-0.25, -0.2) is 14.5 Å². The number of hydrogen-bond acceptors (Lipinski definition) is 5. The number of rotatable bonds is 5. The number of aromatic carboxylic acids is 1. The molecule has 2 N–H and O–H groups in total. The first-order valence-electron chi connectivity index (χ1n) is 10.2. The molecule has 3 heterocycles. The molecule has 0 bridgehead atoms. The highest BCUT2D eigenvalue weighted by molar-refractivity contribution is 5.87. The molecule has 0 amide bonds. The van der Waals surface area contributed by atoms with Crippen LogP contribution >= 0.6 is 0 Å². The maximum Gasteiger partial charge on any atom is 0.417 e. The van der Waals surface area contributed by atoms with Crippen LogP contribution in [0.25, 0.3) is 28.1 Å². The predicted octanol–water partition coefficient (Wildman–Crippen LogP) is 3.74. The van der Waals surface area contributed by atoms with Crippen LogP contribution in [0.15, 0.2) is 71.9 Å². The molecular weight excluding hydrogens is 465 g/mol. The number of H-pyrrole nitrogens is 1. The number of carbonyl (C=O) groups is 1. The summed E-state index contributed by atoms with van der Waals surface area (Å²) in [5.41, 5.74) is 0.370. The summed E-state index contributed by atoms with van der Waals surface area (Å²) in [6.07, 6.45) is -0.729. The van der Waals surface area contributed by atoms with Crippen LogP contribution in [0.5, 0.6) is 0 Å². The first-order chi connectivity index (χ1) is 16.7. The molecular formula is C23H15F3N6O3. The fraction of sp³-hybridized carbons (Fsp3) is 0.0870. The zero-order chi connectivity index (χ0) is 24.7. The fourth-order valence-electron chi connectivity index (χ4n) is 3.72. The lowest BCUT2D eigenvalue weighted by molar-refractivity contribution is -0.137. The number of carboxylic acids is 1. The van der Waals surface area contributed by atoms with Gasteiger partial charge in [0.25, 0.3) is 5.56 Å². The number of nitrogens with one attached hydrogen (secondary N) is 1. The SMILES string of the molecule is O=C(O)c1cnn(-c2nc3cnn(Cc4ccc(-c5ccccc5C(F)(F)F)cc4)c3c(=O)[nH]2)c1. The minimum Gasteiger partial charge on any atom is -0.478 e. The lowest BCUT2D eigenvalue weighted by atomic mass is 9.98. The molecule has 0 saturated heterocycles. The third-order valence-electron chi connectivity index (χ3n) is 5.36. The number of halogens is 3. The zero-order valence-corrected chi connectivity index (χ0v) is 17.7. The summed E-state index contributed by atoms with van der Waals surface area (Å²) < 4.78 is 42.6. The van der Waals surface area contributed by atoms with Gasteiger partial charge in [-0.05, 0) is 22.8 Å². The molecule has 0 saturated carbocycles. The van der Waals surface area contributed by atoms with Crippen LogP contribution in [-0.2, 0) is 12.7 Å². The van der Waals surface area contributed by atoms with Gasteiger partial charge in [-0.2, -0.15) is 23.4 Å². The van der Waals surface area contributed by atoms with Gasteiger partial charge in [0.15, 0.2) is 5.52 Å². The number of fused-ring (bicyclic) bond motifs is 1. The maximum absolute atomic E-state index is 13.3. The molecule has 35 heavy (non-hydrogen) atoms. The van der Waals surface area contributed by atoms with Crippen molar-refractivity contribution in [2.24, 2.45) is 0 Å². The third kappa shape index (κ3) is 4.16. The number of carboxylic acid groups (broad SMARTS) is 1. The van der Waals surface area contributed by atoms with Crippen LogP contribution in [0.2, 0.25) is 0 Å². The molecule has 176 valence electrons. The molecule has 0 aliphatic rings. The standard InChI is InChI=1S/C23H15F3N6O3/c24-23(25,26)17-4-2-1-3-16(17)14-7-5-13(6-8-14)11-31-19-18(10-28-31)29-22(30-20(19)33)32-12-15(9-27-32)21(34)35/h1-10,12H,11H2,(H,34,35)(H,29,30,33). The van der Waals surface area contributed by atoms with Gasteiger partial charge in [0.2, 0.25) is 5.95 Å². The van der Waals surface area contributed by atoms with E-state index in [0.29, 0.717) is 11.1 Å². The van der Waals surface area contributed by atoms with Crippen molar-refractivity contribution in [1.29, 1.82) is 0 Å². The molecule has 0 atom stereocenters. The summed E-state index contributed by atoms with van der Waals surface area (Å²) in [6.45, 7) is 0.180. The second-order valence-electron chi connectivity index (χ2n) is 7.64. The Hall–Kier alpha value is -4.74. The van der Waals surface area contributed by atoms with Gasteiger partial charge < -0.3 is 5.11 Å². The van der Waals surface area contributed by atoms with Crippen molar-refractivity contribution in [3.8, 4) is 17.1 Å². The van der Waals surface area contributed by atoms with Crippen molar-refractivity contribution in [2.45, 2.75) is 12.7 Å². The number of hydrogen-bond donors (Lipinski definition) is 2. The van der Waals surface area contributed by atoms with E-state index >= 15 is 0 Å². The number of aromatic amines is 1. The lowest BCUT2D eigenvalue weighted by Gasteiger charge is -2.13. The largest absolute Gasteiger partial charge is 0.478 e. The summed E-state index contributed by atoms with van der Waals surface area (Å²) in [5, 5.41) is 17.1. The van der Waals surface area contributed by atoms with Crippen molar-refractivity contribution in [3.05, 3.63) is 94.2 Å². The van der Waals surface area contributed by atoms with Gasteiger partial charge in [0, 0.05) is 6.20 Å². The molecule has 5 rings (SSSR count). The van der Waals surface area contributed by atoms with Crippen LogP contribution < -0.4 is 5.56 Å². The van der Waals surface area contributed by atoms with Crippen LogP contribution in [-0.4, -0.2) is 40.6 Å². The third-order valence-corrected chi connectivity index (χ3v) is 5.36. The van der Waals surface area contributed by atoms with Crippen molar-refractivity contribution in [1.82, 2.24) is 29.5 Å². The second-order valence-corrected chi connectivity index (χ2v) is 7.64. The predicted molar refractivity (Wildman–Crippen MR) is 118 cm³/mol. The van der Waals surface area contributed by atoms with Gasteiger partial charge >= 0.3 is 12.1 Å².